The van der Waals surface area contributed by atoms with Gasteiger partial charge in [-0.3, -0.25) is 9.48 Å². The topological polar surface area (TPSA) is 64.3 Å². The van der Waals surface area contributed by atoms with Crippen LogP contribution >= 0.6 is 0 Å². The molecule has 0 aliphatic carbocycles. The van der Waals surface area contributed by atoms with Crippen LogP contribution in [0.3, 0.4) is 0 Å². The predicted octanol–water partition coefficient (Wildman–Crippen LogP) is 3.80. The number of benzene rings is 1. The third kappa shape index (κ3) is 3.55. The van der Waals surface area contributed by atoms with E-state index in [1.165, 1.54) is 0 Å². The standard InChI is InChI=1S/C18H24N2O3/c1-5-7-9-23-13-10-15-12(3)19-20(4)17(15)16(11-13)14(8-6-2)18(21)22/h6,10-11,14H,2,5,7-9H2,1,3-4H3,(H,21,22). The van der Waals surface area contributed by atoms with E-state index < -0.39 is 11.9 Å². The number of carbonyl (C=O) groups is 1. The highest BCUT2D eigenvalue weighted by Crippen LogP contribution is 2.34. The molecule has 1 unspecified atom stereocenters. The van der Waals surface area contributed by atoms with Gasteiger partial charge in [0.1, 0.15) is 5.75 Å². The molecule has 2 rings (SSSR count). The molecule has 0 aliphatic rings. The Balaban J connectivity index is 2.58. The molecule has 0 aliphatic heterocycles. The highest BCUT2D eigenvalue weighted by Gasteiger charge is 2.24. The molecular formula is C18H24N2O3. The first-order chi connectivity index (χ1) is 11.0. The number of fused-ring (bicyclic) bond motifs is 1. The Morgan fingerprint density at radius 2 is 2.26 bits per heavy atom. The summed E-state index contributed by atoms with van der Waals surface area (Å²) in [4.78, 5) is 11.7. The highest BCUT2D eigenvalue weighted by molar-refractivity contribution is 5.91. The van der Waals surface area contributed by atoms with E-state index in [1.807, 2.05) is 26.1 Å². The molecule has 0 radical (unpaired) electrons. The zero-order valence-corrected chi connectivity index (χ0v) is 14.0. The highest BCUT2D eigenvalue weighted by atomic mass is 16.5. The second-order valence-corrected chi connectivity index (χ2v) is 5.73. The van der Waals surface area contributed by atoms with E-state index in [4.69, 9.17) is 4.74 Å². The number of aliphatic carboxylic acids is 1. The number of rotatable bonds is 8. The van der Waals surface area contributed by atoms with E-state index in [2.05, 4.69) is 18.6 Å². The maximum atomic E-state index is 11.7. The summed E-state index contributed by atoms with van der Waals surface area (Å²) in [6.07, 6.45) is 4.02. The van der Waals surface area contributed by atoms with Gasteiger partial charge in [0.05, 0.1) is 23.7 Å². The van der Waals surface area contributed by atoms with Crippen molar-refractivity contribution in [3.63, 3.8) is 0 Å². The second-order valence-electron chi connectivity index (χ2n) is 5.73. The van der Waals surface area contributed by atoms with E-state index >= 15 is 0 Å². The number of carboxylic acid groups (broad SMARTS) is 1. The van der Waals surface area contributed by atoms with Crippen LogP contribution in [0, 0.1) is 6.92 Å². The van der Waals surface area contributed by atoms with Crippen molar-refractivity contribution in [2.24, 2.45) is 7.05 Å². The van der Waals surface area contributed by atoms with Crippen LogP contribution in [-0.2, 0) is 11.8 Å². The zero-order chi connectivity index (χ0) is 17.0. The predicted molar refractivity (Wildman–Crippen MR) is 91.0 cm³/mol. The van der Waals surface area contributed by atoms with Crippen LogP contribution in [0.5, 0.6) is 5.75 Å². The van der Waals surface area contributed by atoms with Crippen LogP contribution in [0.15, 0.2) is 24.8 Å². The molecule has 0 fully saturated rings. The number of carboxylic acids is 1. The lowest BCUT2D eigenvalue weighted by Crippen LogP contribution is -2.13. The molecule has 0 amide bonds. The van der Waals surface area contributed by atoms with Crippen molar-refractivity contribution in [2.75, 3.05) is 6.61 Å². The first-order valence-electron chi connectivity index (χ1n) is 7.93. The molecule has 0 spiro atoms. The molecule has 5 nitrogen and oxygen atoms in total. The van der Waals surface area contributed by atoms with Gasteiger partial charge >= 0.3 is 5.97 Å². The quantitative estimate of drug-likeness (QED) is 0.594. The van der Waals surface area contributed by atoms with E-state index in [0.29, 0.717) is 18.8 Å². The van der Waals surface area contributed by atoms with Crippen molar-refractivity contribution < 1.29 is 14.6 Å². The Morgan fingerprint density at radius 1 is 1.52 bits per heavy atom. The van der Waals surface area contributed by atoms with Crippen LogP contribution < -0.4 is 4.74 Å². The van der Waals surface area contributed by atoms with Crippen molar-refractivity contribution in [3.8, 4) is 5.75 Å². The van der Waals surface area contributed by atoms with E-state index in [0.717, 1.165) is 35.0 Å². The summed E-state index contributed by atoms with van der Waals surface area (Å²) < 4.78 is 7.56. The molecule has 1 aromatic heterocycles. The van der Waals surface area contributed by atoms with Gasteiger partial charge in [-0.05, 0) is 37.5 Å². The first-order valence-corrected chi connectivity index (χ1v) is 7.93. The maximum Gasteiger partial charge on any atom is 0.311 e. The average Bonchev–Trinajstić information content (AvgIpc) is 2.79. The summed E-state index contributed by atoms with van der Waals surface area (Å²) in [5.74, 6) is -0.817. The summed E-state index contributed by atoms with van der Waals surface area (Å²) in [5, 5.41) is 15.0. The van der Waals surface area contributed by atoms with Crippen molar-refractivity contribution in [1.82, 2.24) is 9.78 Å². The molecule has 0 saturated heterocycles. The Labute approximate surface area is 136 Å². The largest absolute Gasteiger partial charge is 0.494 e. The molecule has 1 atom stereocenters. The molecule has 1 aromatic carbocycles. The first kappa shape index (κ1) is 17.1. The molecule has 1 heterocycles. The normalized spacial score (nSPS) is 12.3. The minimum atomic E-state index is -0.865. The lowest BCUT2D eigenvalue weighted by molar-refractivity contribution is -0.138. The molecule has 1 N–H and O–H groups in total. The van der Waals surface area contributed by atoms with E-state index in [-0.39, 0.29) is 0 Å². The molecule has 0 bridgehead atoms. The maximum absolute atomic E-state index is 11.7. The lowest BCUT2D eigenvalue weighted by Gasteiger charge is -2.15. The number of allylic oxidation sites excluding steroid dienone is 1. The summed E-state index contributed by atoms with van der Waals surface area (Å²) in [6.45, 7) is 8.33. The number of hydrogen-bond acceptors (Lipinski definition) is 3. The Bertz CT molecular complexity index is 719. The number of aromatic nitrogens is 2. The molecule has 5 heteroatoms. The van der Waals surface area contributed by atoms with Crippen LogP contribution in [0.2, 0.25) is 0 Å². The minimum Gasteiger partial charge on any atom is -0.494 e. The number of unbranched alkanes of at least 4 members (excludes halogenated alkanes) is 1. The SMILES string of the molecule is C=CCC(C(=O)O)c1cc(OCCCC)cc2c(C)nn(C)c12. The Morgan fingerprint density at radius 3 is 2.87 bits per heavy atom. The zero-order valence-electron chi connectivity index (χ0n) is 14.0. The Kier molecular flexibility index (Phi) is 5.42. The fourth-order valence-electron chi connectivity index (χ4n) is 2.81. The molecule has 124 valence electrons. The average molecular weight is 316 g/mol. The summed E-state index contributed by atoms with van der Waals surface area (Å²) >= 11 is 0. The third-order valence-electron chi connectivity index (χ3n) is 3.97. The van der Waals surface area contributed by atoms with Crippen molar-refractivity contribution in [2.45, 2.75) is 39.0 Å². The van der Waals surface area contributed by atoms with Gasteiger partial charge in [0.25, 0.3) is 0 Å². The lowest BCUT2D eigenvalue weighted by atomic mass is 9.93. The number of aryl methyl sites for hydroxylation is 2. The minimum absolute atomic E-state index is 0.368. The van der Waals surface area contributed by atoms with Gasteiger partial charge in [0.2, 0.25) is 0 Å². The van der Waals surface area contributed by atoms with Crippen LogP contribution in [0.25, 0.3) is 10.9 Å². The molecule has 2 aromatic rings. The summed E-state index contributed by atoms with van der Waals surface area (Å²) in [6, 6.07) is 3.78. The monoisotopic (exact) mass is 316 g/mol. The molecule has 0 saturated carbocycles. The fourth-order valence-corrected chi connectivity index (χ4v) is 2.81. The van der Waals surface area contributed by atoms with E-state index in [1.54, 1.807) is 10.8 Å². The van der Waals surface area contributed by atoms with Gasteiger partial charge in [-0.25, -0.2) is 0 Å². The second kappa shape index (κ2) is 7.31. The van der Waals surface area contributed by atoms with Gasteiger partial charge in [0.15, 0.2) is 0 Å². The van der Waals surface area contributed by atoms with Gasteiger partial charge < -0.3 is 9.84 Å². The van der Waals surface area contributed by atoms with Gasteiger partial charge in [-0.1, -0.05) is 19.4 Å². The smallest absolute Gasteiger partial charge is 0.311 e. The van der Waals surface area contributed by atoms with Gasteiger partial charge in [0, 0.05) is 12.4 Å². The number of ether oxygens (including phenoxy) is 1. The molecule has 23 heavy (non-hydrogen) atoms. The fraction of sp³-hybridized carbons (Fsp3) is 0.444. The number of hydrogen-bond donors (Lipinski definition) is 1. The van der Waals surface area contributed by atoms with Crippen LogP contribution in [-0.4, -0.2) is 27.5 Å². The van der Waals surface area contributed by atoms with Crippen molar-refractivity contribution in [1.29, 1.82) is 0 Å². The third-order valence-corrected chi connectivity index (χ3v) is 3.97. The Hall–Kier alpha value is -2.30. The van der Waals surface area contributed by atoms with E-state index in [9.17, 15) is 9.90 Å². The van der Waals surface area contributed by atoms with Crippen molar-refractivity contribution >= 4 is 16.9 Å². The van der Waals surface area contributed by atoms with Crippen LogP contribution in [0.1, 0.15) is 43.4 Å². The van der Waals surface area contributed by atoms with Gasteiger partial charge in [-0.15, -0.1) is 6.58 Å². The summed E-state index contributed by atoms with van der Waals surface area (Å²) in [5.41, 5.74) is 2.44. The van der Waals surface area contributed by atoms with Gasteiger partial charge in [-0.2, -0.15) is 5.10 Å². The summed E-state index contributed by atoms with van der Waals surface area (Å²) in [7, 11) is 1.84. The number of nitrogens with zero attached hydrogens (tertiary/aromatic N) is 2. The van der Waals surface area contributed by atoms with Crippen molar-refractivity contribution in [3.05, 3.63) is 36.0 Å². The van der Waals surface area contributed by atoms with Crippen LogP contribution in [0.4, 0.5) is 0 Å². The molecular weight excluding hydrogens is 292 g/mol.